The zero-order valence-corrected chi connectivity index (χ0v) is 14.7. The van der Waals surface area contributed by atoms with Crippen LogP contribution in [0, 0.1) is 5.92 Å². The third-order valence-electron chi connectivity index (χ3n) is 5.73. The Morgan fingerprint density at radius 2 is 2.17 bits per heavy atom. The summed E-state index contributed by atoms with van der Waals surface area (Å²) in [4.78, 5) is 15.1. The maximum Gasteiger partial charge on any atom is 0.225 e. The SMILES string of the molecule is O=C(NC[C@H](c1cccc(Cl)c1)N1CCCC1)[C@@H]1C[C@H]2CC[C@H]1O2. The first-order chi connectivity index (χ1) is 11.7. The van der Waals surface area contributed by atoms with Crippen molar-refractivity contribution in [2.24, 2.45) is 5.92 Å². The zero-order chi connectivity index (χ0) is 16.5. The number of ether oxygens (including phenoxy) is 1. The van der Waals surface area contributed by atoms with Crippen LogP contribution in [0.1, 0.15) is 43.7 Å². The normalized spacial score (nSPS) is 30.6. The van der Waals surface area contributed by atoms with Gasteiger partial charge >= 0.3 is 0 Å². The number of carbonyl (C=O) groups is 1. The van der Waals surface area contributed by atoms with Crippen molar-refractivity contribution in [2.75, 3.05) is 19.6 Å². The van der Waals surface area contributed by atoms with Gasteiger partial charge in [-0.05, 0) is 62.9 Å². The van der Waals surface area contributed by atoms with Gasteiger partial charge in [-0.2, -0.15) is 0 Å². The van der Waals surface area contributed by atoms with E-state index in [0.717, 1.165) is 37.4 Å². The Kier molecular flexibility index (Phi) is 4.79. The molecule has 4 nitrogen and oxygen atoms in total. The Bertz CT molecular complexity index is 603. The second-order valence-electron chi connectivity index (χ2n) is 7.28. The molecule has 0 aromatic heterocycles. The Balaban J connectivity index is 1.43. The number of amides is 1. The molecule has 1 N–H and O–H groups in total. The topological polar surface area (TPSA) is 41.6 Å². The molecule has 1 aromatic carbocycles. The summed E-state index contributed by atoms with van der Waals surface area (Å²) in [6, 6.07) is 8.23. The summed E-state index contributed by atoms with van der Waals surface area (Å²) < 4.78 is 5.82. The summed E-state index contributed by atoms with van der Waals surface area (Å²) in [6.45, 7) is 2.82. The number of benzene rings is 1. The number of rotatable bonds is 5. The second-order valence-corrected chi connectivity index (χ2v) is 7.71. The molecular formula is C19H25ClN2O2. The van der Waals surface area contributed by atoms with Gasteiger partial charge in [-0.15, -0.1) is 0 Å². The van der Waals surface area contributed by atoms with Gasteiger partial charge in [0.1, 0.15) is 0 Å². The molecule has 3 aliphatic heterocycles. The highest BCUT2D eigenvalue weighted by Gasteiger charge is 2.44. The van der Waals surface area contributed by atoms with E-state index in [1.165, 1.54) is 18.4 Å². The van der Waals surface area contributed by atoms with Gasteiger partial charge in [0.05, 0.1) is 24.2 Å². The molecule has 130 valence electrons. The molecule has 0 unspecified atom stereocenters. The Hall–Kier alpha value is -1.10. The van der Waals surface area contributed by atoms with Crippen molar-refractivity contribution < 1.29 is 9.53 Å². The van der Waals surface area contributed by atoms with E-state index in [4.69, 9.17) is 16.3 Å². The van der Waals surface area contributed by atoms with E-state index in [1.54, 1.807) is 0 Å². The van der Waals surface area contributed by atoms with Crippen LogP contribution in [0.4, 0.5) is 0 Å². The van der Waals surface area contributed by atoms with E-state index in [9.17, 15) is 4.79 Å². The number of likely N-dealkylation sites (tertiary alicyclic amines) is 1. The Morgan fingerprint density at radius 3 is 2.83 bits per heavy atom. The first kappa shape index (κ1) is 16.4. The number of hydrogen-bond donors (Lipinski definition) is 1. The van der Waals surface area contributed by atoms with E-state index >= 15 is 0 Å². The lowest BCUT2D eigenvalue weighted by molar-refractivity contribution is -0.126. The highest BCUT2D eigenvalue weighted by molar-refractivity contribution is 6.30. The fourth-order valence-corrected chi connectivity index (χ4v) is 4.67. The molecule has 1 aromatic rings. The highest BCUT2D eigenvalue weighted by atomic mass is 35.5. The standard InChI is InChI=1S/C19H25ClN2O2/c20-14-5-3-4-13(10-14)17(22-8-1-2-9-22)12-21-19(23)16-11-15-6-7-18(16)24-15/h3-5,10,15-18H,1-2,6-9,11-12H2,(H,21,23)/t15-,16-,17-,18-/m1/s1. The maximum atomic E-state index is 12.6. The van der Waals surface area contributed by atoms with Crippen LogP contribution >= 0.6 is 11.6 Å². The minimum Gasteiger partial charge on any atom is -0.374 e. The first-order valence-corrected chi connectivity index (χ1v) is 9.51. The smallest absolute Gasteiger partial charge is 0.225 e. The number of nitrogens with zero attached hydrogens (tertiary/aromatic N) is 1. The number of nitrogens with one attached hydrogen (secondary N) is 1. The molecular weight excluding hydrogens is 324 g/mol. The molecule has 3 heterocycles. The summed E-state index contributed by atoms with van der Waals surface area (Å²) in [5.74, 6) is 0.204. The summed E-state index contributed by atoms with van der Waals surface area (Å²) in [6.07, 6.45) is 5.96. The fourth-order valence-electron chi connectivity index (χ4n) is 4.47. The van der Waals surface area contributed by atoms with Crippen molar-refractivity contribution >= 4 is 17.5 Å². The summed E-state index contributed by atoms with van der Waals surface area (Å²) >= 11 is 6.18. The lowest BCUT2D eigenvalue weighted by atomic mass is 9.88. The van der Waals surface area contributed by atoms with Crippen LogP contribution < -0.4 is 5.32 Å². The van der Waals surface area contributed by atoms with Crippen LogP contribution in [0.25, 0.3) is 0 Å². The van der Waals surface area contributed by atoms with Crippen LogP contribution in [0.15, 0.2) is 24.3 Å². The number of halogens is 1. The predicted octanol–water partition coefficient (Wildman–Crippen LogP) is 3.16. The van der Waals surface area contributed by atoms with Gasteiger partial charge in [0, 0.05) is 11.6 Å². The lowest BCUT2D eigenvalue weighted by Crippen LogP contribution is -2.41. The van der Waals surface area contributed by atoms with E-state index in [2.05, 4.69) is 16.3 Å². The number of fused-ring (bicyclic) bond motifs is 2. The van der Waals surface area contributed by atoms with Crippen LogP contribution in [-0.2, 0) is 9.53 Å². The van der Waals surface area contributed by atoms with E-state index < -0.39 is 0 Å². The zero-order valence-electron chi connectivity index (χ0n) is 13.9. The molecule has 2 bridgehead atoms. The average molecular weight is 349 g/mol. The molecule has 1 amide bonds. The van der Waals surface area contributed by atoms with Crippen LogP contribution in [0.2, 0.25) is 5.02 Å². The molecule has 3 fully saturated rings. The van der Waals surface area contributed by atoms with E-state index in [1.807, 2.05) is 18.2 Å². The quantitative estimate of drug-likeness (QED) is 0.888. The number of carbonyl (C=O) groups excluding carboxylic acids is 1. The van der Waals surface area contributed by atoms with Gasteiger partial charge in [0.2, 0.25) is 5.91 Å². The molecule has 3 saturated heterocycles. The molecule has 4 rings (SSSR count). The van der Waals surface area contributed by atoms with Gasteiger partial charge in [-0.25, -0.2) is 0 Å². The Morgan fingerprint density at radius 1 is 1.33 bits per heavy atom. The third-order valence-corrected chi connectivity index (χ3v) is 5.96. The summed E-state index contributed by atoms with van der Waals surface area (Å²) in [5.41, 5.74) is 1.19. The van der Waals surface area contributed by atoms with Crippen molar-refractivity contribution in [1.29, 1.82) is 0 Å². The minimum absolute atomic E-state index is 0.0438. The maximum absolute atomic E-state index is 12.6. The van der Waals surface area contributed by atoms with Crippen LogP contribution in [-0.4, -0.2) is 42.6 Å². The fraction of sp³-hybridized carbons (Fsp3) is 0.632. The van der Waals surface area contributed by atoms with Crippen LogP contribution in [0.3, 0.4) is 0 Å². The molecule has 3 aliphatic rings. The molecule has 5 heteroatoms. The van der Waals surface area contributed by atoms with Gasteiger partial charge in [0.15, 0.2) is 0 Å². The molecule has 0 saturated carbocycles. The average Bonchev–Trinajstić information content (AvgIpc) is 3.33. The van der Waals surface area contributed by atoms with Gasteiger partial charge < -0.3 is 10.1 Å². The molecule has 0 radical (unpaired) electrons. The predicted molar refractivity (Wildman–Crippen MR) is 94.0 cm³/mol. The monoisotopic (exact) mass is 348 g/mol. The lowest BCUT2D eigenvalue weighted by Gasteiger charge is -2.29. The van der Waals surface area contributed by atoms with E-state index in [-0.39, 0.29) is 24.0 Å². The number of hydrogen-bond acceptors (Lipinski definition) is 3. The van der Waals surface area contributed by atoms with Gasteiger partial charge in [0.25, 0.3) is 0 Å². The largest absolute Gasteiger partial charge is 0.374 e. The second kappa shape index (κ2) is 7.03. The van der Waals surface area contributed by atoms with E-state index in [0.29, 0.717) is 12.6 Å². The van der Waals surface area contributed by atoms with Crippen molar-refractivity contribution in [3.63, 3.8) is 0 Å². The third kappa shape index (κ3) is 3.32. The summed E-state index contributed by atoms with van der Waals surface area (Å²) in [5, 5.41) is 3.95. The minimum atomic E-state index is 0.0438. The molecule has 0 spiro atoms. The summed E-state index contributed by atoms with van der Waals surface area (Å²) in [7, 11) is 0. The van der Waals surface area contributed by atoms with Crippen molar-refractivity contribution in [2.45, 2.75) is 50.4 Å². The molecule has 24 heavy (non-hydrogen) atoms. The van der Waals surface area contributed by atoms with Gasteiger partial charge in [-0.1, -0.05) is 23.7 Å². The highest BCUT2D eigenvalue weighted by Crippen LogP contribution is 2.39. The Labute approximate surface area is 148 Å². The van der Waals surface area contributed by atoms with Gasteiger partial charge in [-0.3, -0.25) is 9.69 Å². The van der Waals surface area contributed by atoms with Crippen LogP contribution in [0.5, 0.6) is 0 Å². The molecule has 4 atom stereocenters. The van der Waals surface area contributed by atoms with Crippen molar-refractivity contribution in [3.05, 3.63) is 34.9 Å². The van der Waals surface area contributed by atoms with Crippen molar-refractivity contribution in [3.8, 4) is 0 Å². The van der Waals surface area contributed by atoms with Crippen molar-refractivity contribution in [1.82, 2.24) is 10.2 Å². The first-order valence-electron chi connectivity index (χ1n) is 9.13. The molecule has 0 aliphatic carbocycles.